The molecule has 0 heterocycles. The number of hydrogen-bond acceptors (Lipinski definition) is 2. The van der Waals surface area contributed by atoms with Gasteiger partial charge in [0, 0.05) is 17.4 Å². The van der Waals surface area contributed by atoms with Gasteiger partial charge < -0.3 is 0 Å². The van der Waals surface area contributed by atoms with Gasteiger partial charge in [-0.3, -0.25) is 5.41 Å². The van der Waals surface area contributed by atoms with Gasteiger partial charge in [0.1, 0.15) is 6.07 Å². The van der Waals surface area contributed by atoms with Gasteiger partial charge in [0.15, 0.2) is 11.7 Å². The molecule has 166 valence electrons. The molecule has 4 nitrogen and oxygen atoms in total. The van der Waals surface area contributed by atoms with Crippen LogP contribution in [-0.4, -0.2) is 17.9 Å². The largest absolute Gasteiger partial charge is 0.282 e. The first-order valence-corrected chi connectivity index (χ1v) is 11.0. The van der Waals surface area contributed by atoms with Gasteiger partial charge in [0.25, 0.3) is 0 Å². The molecule has 0 amide bonds. The summed E-state index contributed by atoms with van der Waals surface area (Å²) in [5.41, 5.74) is 3.17. The average molecular weight is 463 g/mol. The van der Waals surface area contributed by atoms with Crippen LogP contribution in [0.25, 0.3) is 6.08 Å². The second-order valence-electron chi connectivity index (χ2n) is 7.15. The third kappa shape index (κ3) is 6.83. The lowest BCUT2D eigenvalue weighted by Gasteiger charge is -2.07. The van der Waals surface area contributed by atoms with E-state index in [-0.39, 0.29) is 5.84 Å². The second-order valence-corrected chi connectivity index (χ2v) is 7.55. The minimum Gasteiger partial charge on any atom is -0.282 e. The number of amidine groups is 2. The SMILES string of the molecule is C=C/C=C\C(=C\c1cccc(Cl)c1C#N)C(=N)N=C(N=Cc1ccccc1)C1=CCC=CC=C1. The maximum Gasteiger partial charge on any atom is 0.161 e. The first kappa shape index (κ1) is 24.3. The maximum absolute atomic E-state index is 9.53. The molecule has 0 aliphatic heterocycles. The van der Waals surface area contributed by atoms with Crippen LogP contribution in [0.15, 0.2) is 125 Å². The normalized spacial score (nSPS) is 14.2. The van der Waals surface area contributed by atoms with Gasteiger partial charge in [0.2, 0.25) is 0 Å². The summed E-state index contributed by atoms with van der Waals surface area (Å²) >= 11 is 6.19. The summed E-state index contributed by atoms with van der Waals surface area (Å²) in [5.74, 6) is 0.409. The van der Waals surface area contributed by atoms with E-state index in [0.717, 1.165) is 17.6 Å². The molecule has 2 aromatic carbocycles. The van der Waals surface area contributed by atoms with E-state index in [1.807, 2.05) is 60.7 Å². The lowest BCUT2D eigenvalue weighted by molar-refractivity contribution is 1.37. The first-order chi connectivity index (χ1) is 16.6. The van der Waals surface area contributed by atoms with E-state index in [9.17, 15) is 5.26 Å². The minimum absolute atomic E-state index is 0.00585. The van der Waals surface area contributed by atoms with Gasteiger partial charge >= 0.3 is 0 Å². The van der Waals surface area contributed by atoms with E-state index >= 15 is 0 Å². The second kappa shape index (κ2) is 12.6. The van der Waals surface area contributed by atoms with E-state index in [1.165, 1.54) is 0 Å². The molecule has 1 aliphatic carbocycles. The molecule has 2 aromatic rings. The smallest absolute Gasteiger partial charge is 0.161 e. The van der Waals surface area contributed by atoms with Crippen LogP contribution in [0, 0.1) is 16.7 Å². The predicted octanol–water partition coefficient (Wildman–Crippen LogP) is 7.27. The van der Waals surface area contributed by atoms with Crippen molar-refractivity contribution >= 4 is 35.6 Å². The fourth-order valence-electron chi connectivity index (χ4n) is 3.07. The Morgan fingerprint density at radius 3 is 2.71 bits per heavy atom. The highest BCUT2D eigenvalue weighted by Crippen LogP contribution is 2.22. The number of benzene rings is 2. The molecule has 0 atom stereocenters. The molecule has 5 heteroatoms. The van der Waals surface area contributed by atoms with E-state index in [4.69, 9.17) is 17.0 Å². The topological polar surface area (TPSA) is 72.4 Å². The average Bonchev–Trinajstić information content (AvgIpc) is 3.14. The van der Waals surface area contributed by atoms with Crippen molar-refractivity contribution in [3.63, 3.8) is 0 Å². The molecule has 34 heavy (non-hydrogen) atoms. The Kier molecular flexibility index (Phi) is 9.04. The molecular weight excluding hydrogens is 440 g/mol. The Morgan fingerprint density at radius 2 is 1.94 bits per heavy atom. The lowest BCUT2D eigenvalue weighted by Crippen LogP contribution is -2.05. The van der Waals surface area contributed by atoms with Crippen molar-refractivity contribution in [1.29, 1.82) is 10.7 Å². The summed E-state index contributed by atoms with van der Waals surface area (Å²) in [7, 11) is 0. The van der Waals surface area contributed by atoms with Crippen molar-refractivity contribution in [1.82, 2.24) is 0 Å². The van der Waals surface area contributed by atoms with Crippen LogP contribution in [0.5, 0.6) is 0 Å². The van der Waals surface area contributed by atoms with Gasteiger partial charge in [-0.15, -0.1) is 0 Å². The summed E-state index contributed by atoms with van der Waals surface area (Å²) in [6.07, 6.45) is 19.1. The van der Waals surface area contributed by atoms with Gasteiger partial charge in [-0.1, -0.05) is 109 Å². The van der Waals surface area contributed by atoms with Crippen LogP contribution in [-0.2, 0) is 0 Å². The Labute approximate surface area is 205 Å². The molecule has 0 saturated carbocycles. The number of allylic oxidation sites excluding steroid dienone is 6. The zero-order chi connectivity index (χ0) is 24.2. The van der Waals surface area contributed by atoms with Crippen LogP contribution in [0.3, 0.4) is 0 Å². The zero-order valence-electron chi connectivity index (χ0n) is 18.5. The molecule has 0 fully saturated rings. The highest BCUT2D eigenvalue weighted by Gasteiger charge is 2.10. The Bertz CT molecular complexity index is 1310. The van der Waals surface area contributed by atoms with Crippen LogP contribution in [0.4, 0.5) is 0 Å². The number of nitriles is 1. The van der Waals surface area contributed by atoms with Gasteiger partial charge in [-0.05, 0) is 29.7 Å². The molecule has 0 unspecified atom stereocenters. The predicted molar refractivity (Wildman–Crippen MR) is 144 cm³/mol. The molecule has 3 rings (SSSR count). The molecule has 1 N–H and O–H groups in total. The number of halogens is 1. The van der Waals surface area contributed by atoms with Crippen molar-refractivity contribution in [3.8, 4) is 6.07 Å². The van der Waals surface area contributed by atoms with E-state index in [2.05, 4.69) is 22.6 Å². The third-order valence-corrected chi connectivity index (χ3v) is 5.08. The number of hydrogen-bond donors (Lipinski definition) is 1. The molecule has 1 aliphatic rings. The molecular formula is C29H23ClN4. The zero-order valence-corrected chi connectivity index (χ0v) is 19.3. The number of aliphatic imine (C=N–C) groups is 2. The highest BCUT2D eigenvalue weighted by atomic mass is 35.5. The molecule has 0 bridgehead atoms. The summed E-state index contributed by atoms with van der Waals surface area (Å²) in [6.45, 7) is 3.71. The van der Waals surface area contributed by atoms with Crippen LogP contribution >= 0.6 is 11.6 Å². The number of rotatable bonds is 6. The maximum atomic E-state index is 9.53. The van der Waals surface area contributed by atoms with Gasteiger partial charge in [-0.2, -0.15) is 5.26 Å². The highest BCUT2D eigenvalue weighted by molar-refractivity contribution is 6.32. The number of nitrogens with zero attached hydrogens (tertiary/aromatic N) is 3. The monoisotopic (exact) mass is 462 g/mol. The van der Waals surface area contributed by atoms with Crippen LogP contribution in [0.2, 0.25) is 5.02 Å². The first-order valence-electron chi connectivity index (χ1n) is 10.6. The van der Waals surface area contributed by atoms with E-state index < -0.39 is 0 Å². The quantitative estimate of drug-likeness (QED) is 0.273. The summed E-state index contributed by atoms with van der Waals surface area (Å²) in [4.78, 5) is 9.18. The van der Waals surface area contributed by atoms with Crippen molar-refractivity contribution in [2.45, 2.75) is 6.42 Å². The van der Waals surface area contributed by atoms with E-state index in [1.54, 1.807) is 48.7 Å². The number of nitrogens with one attached hydrogen (secondary N) is 1. The molecule has 0 radical (unpaired) electrons. The standard InChI is InChI=1S/C29H23ClN4/c1-2-3-14-25(19-24-17-11-18-27(30)26(24)20-31)28(32)34-29(23-15-9-4-5-10-16-23)33-21-22-12-7-6-8-13-22/h2-9,11-19,21,32H,1,10H2/b14-3-,25-19-,32-28?,33-21?,34-29?. The van der Waals surface area contributed by atoms with Crippen LogP contribution in [0.1, 0.15) is 23.1 Å². The van der Waals surface area contributed by atoms with Crippen LogP contribution < -0.4 is 0 Å². The third-order valence-electron chi connectivity index (χ3n) is 4.76. The minimum atomic E-state index is -0.00585. The summed E-state index contributed by atoms with van der Waals surface area (Å²) in [6, 6.07) is 17.1. The Hall–Kier alpha value is -4.33. The van der Waals surface area contributed by atoms with Crippen molar-refractivity contribution in [2.75, 3.05) is 0 Å². The van der Waals surface area contributed by atoms with Gasteiger partial charge in [0.05, 0.1) is 10.6 Å². The van der Waals surface area contributed by atoms with E-state index in [0.29, 0.717) is 27.6 Å². The Balaban J connectivity index is 2.07. The Morgan fingerprint density at radius 1 is 1.12 bits per heavy atom. The molecule has 0 aromatic heterocycles. The van der Waals surface area contributed by atoms with Crippen molar-refractivity contribution < 1.29 is 0 Å². The summed E-state index contributed by atoms with van der Waals surface area (Å²) in [5, 5.41) is 18.6. The van der Waals surface area contributed by atoms with Crippen molar-refractivity contribution in [3.05, 3.63) is 137 Å². The fraction of sp³-hybridized carbons (Fsp3) is 0.0345. The summed E-state index contributed by atoms with van der Waals surface area (Å²) < 4.78 is 0. The van der Waals surface area contributed by atoms with Crippen molar-refractivity contribution in [2.24, 2.45) is 9.98 Å². The lowest BCUT2D eigenvalue weighted by atomic mass is 10.0. The molecule has 0 saturated heterocycles. The van der Waals surface area contributed by atoms with Gasteiger partial charge in [-0.25, -0.2) is 9.98 Å². The molecule has 0 spiro atoms. The fourth-order valence-corrected chi connectivity index (χ4v) is 3.30.